The van der Waals surface area contributed by atoms with E-state index in [1.807, 2.05) is 0 Å². The van der Waals surface area contributed by atoms with Gasteiger partial charge in [0, 0.05) is 28.8 Å². The first-order valence-corrected chi connectivity index (χ1v) is 9.32. The molecule has 0 aliphatic carbocycles. The van der Waals surface area contributed by atoms with E-state index < -0.39 is 5.63 Å². The Kier molecular flexibility index (Phi) is 5.25. The number of halogens is 2. The van der Waals surface area contributed by atoms with Crippen LogP contribution in [-0.4, -0.2) is 5.91 Å². The summed E-state index contributed by atoms with van der Waals surface area (Å²) in [4.78, 5) is 23.4. The summed E-state index contributed by atoms with van der Waals surface area (Å²) in [6, 6.07) is 16.7. The van der Waals surface area contributed by atoms with Gasteiger partial charge in [0.05, 0.1) is 10.0 Å². The maximum absolute atomic E-state index is 12.2. The van der Waals surface area contributed by atoms with E-state index in [0.717, 1.165) is 0 Å². The number of amides is 1. The Balaban J connectivity index is 1.47. The Morgan fingerprint density at radius 3 is 2.69 bits per heavy atom. The molecule has 29 heavy (non-hydrogen) atoms. The van der Waals surface area contributed by atoms with Crippen LogP contribution in [0.3, 0.4) is 0 Å². The number of rotatable bonds is 4. The van der Waals surface area contributed by atoms with Crippen molar-refractivity contribution in [3.63, 3.8) is 0 Å². The lowest BCUT2D eigenvalue weighted by Gasteiger charge is -2.03. The van der Waals surface area contributed by atoms with Gasteiger partial charge in [0.15, 0.2) is 0 Å². The molecule has 0 atom stereocenters. The van der Waals surface area contributed by atoms with E-state index in [1.54, 1.807) is 60.7 Å². The predicted octanol–water partition coefficient (Wildman–Crippen LogP) is 6.01. The lowest BCUT2D eigenvalue weighted by Crippen LogP contribution is -2.07. The minimum Gasteiger partial charge on any atom is -0.457 e. The molecule has 2 aromatic carbocycles. The quantitative estimate of drug-likeness (QED) is 0.320. The van der Waals surface area contributed by atoms with E-state index in [2.05, 4.69) is 5.32 Å². The fourth-order valence-corrected chi connectivity index (χ4v) is 3.17. The van der Waals surface area contributed by atoms with Crippen LogP contribution in [0.2, 0.25) is 10.0 Å². The topological polar surface area (TPSA) is 72.5 Å². The molecule has 1 amide bonds. The second-order valence-electron chi connectivity index (χ2n) is 6.13. The van der Waals surface area contributed by atoms with Gasteiger partial charge in [-0.05, 0) is 54.6 Å². The number of hydrogen-bond donors (Lipinski definition) is 1. The molecule has 2 heterocycles. The highest BCUT2D eigenvalue weighted by atomic mass is 35.5. The number of fused-ring (bicyclic) bond motifs is 1. The highest BCUT2D eigenvalue weighted by Crippen LogP contribution is 2.34. The molecule has 0 radical (unpaired) electrons. The standard InChI is InChI=1S/C22H13Cl2NO4/c23-17-3-1-2-16(22(17)24)19-9-6-15(28-19)7-10-20(26)25-14-5-8-18-13(12-14)4-11-21(27)29-18/h1-12H,(H,25,26). The van der Waals surface area contributed by atoms with Crippen LogP contribution >= 0.6 is 23.2 Å². The van der Waals surface area contributed by atoms with Crippen LogP contribution in [0.1, 0.15) is 5.76 Å². The van der Waals surface area contributed by atoms with E-state index in [-0.39, 0.29) is 5.91 Å². The van der Waals surface area contributed by atoms with E-state index in [4.69, 9.17) is 32.0 Å². The van der Waals surface area contributed by atoms with Gasteiger partial charge >= 0.3 is 5.63 Å². The van der Waals surface area contributed by atoms with Crippen molar-refractivity contribution in [1.29, 1.82) is 0 Å². The molecule has 5 nitrogen and oxygen atoms in total. The second kappa shape index (κ2) is 7.99. The Morgan fingerprint density at radius 1 is 0.966 bits per heavy atom. The van der Waals surface area contributed by atoms with Crippen molar-refractivity contribution in [3.05, 3.63) is 93.0 Å². The van der Waals surface area contributed by atoms with Gasteiger partial charge in [-0.15, -0.1) is 0 Å². The van der Waals surface area contributed by atoms with Gasteiger partial charge in [-0.2, -0.15) is 0 Å². The summed E-state index contributed by atoms with van der Waals surface area (Å²) in [7, 11) is 0. The number of furan rings is 1. The Labute approximate surface area is 175 Å². The van der Waals surface area contributed by atoms with Gasteiger partial charge in [0.2, 0.25) is 5.91 Å². The van der Waals surface area contributed by atoms with E-state index >= 15 is 0 Å². The number of anilines is 1. The molecule has 4 rings (SSSR count). The zero-order chi connectivity index (χ0) is 20.4. The molecule has 1 N–H and O–H groups in total. The number of carbonyl (C=O) groups is 1. The molecule has 0 unspecified atom stereocenters. The zero-order valence-corrected chi connectivity index (χ0v) is 16.3. The average Bonchev–Trinajstić information content (AvgIpc) is 3.17. The third-order valence-corrected chi connectivity index (χ3v) is 4.95. The molecular weight excluding hydrogens is 413 g/mol. The zero-order valence-electron chi connectivity index (χ0n) is 14.8. The first-order valence-electron chi connectivity index (χ1n) is 8.57. The number of hydrogen-bond acceptors (Lipinski definition) is 4. The first-order chi connectivity index (χ1) is 14.0. The summed E-state index contributed by atoms with van der Waals surface area (Å²) < 4.78 is 10.8. The second-order valence-corrected chi connectivity index (χ2v) is 6.92. The van der Waals surface area contributed by atoms with Crippen molar-refractivity contribution < 1.29 is 13.6 Å². The molecule has 0 aliphatic rings. The lowest BCUT2D eigenvalue weighted by molar-refractivity contribution is -0.111. The van der Waals surface area contributed by atoms with E-state index in [9.17, 15) is 9.59 Å². The third-order valence-electron chi connectivity index (χ3n) is 4.13. The third kappa shape index (κ3) is 4.26. The molecule has 0 bridgehead atoms. The average molecular weight is 426 g/mol. The molecular formula is C22H13Cl2NO4. The Hall–Kier alpha value is -3.28. The normalized spacial score (nSPS) is 11.2. The summed E-state index contributed by atoms with van der Waals surface area (Å²) in [5.41, 5.74) is 1.28. The SMILES string of the molecule is O=C(C=Cc1ccc(-c2cccc(Cl)c2Cl)o1)Nc1ccc2oc(=O)ccc2c1. The highest BCUT2D eigenvalue weighted by Gasteiger charge is 2.10. The van der Waals surface area contributed by atoms with E-state index in [1.165, 1.54) is 12.1 Å². The summed E-state index contributed by atoms with van der Waals surface area (Å²) in [5, 5.41) is 4.30. The van der Waals surface area contributed by atoms with Gasteiger partial charge in [0.25, 0.3) is 0 Å². The van der Waals surface area contributed by atoms with Crippen LogP contribution in [0, 0.1) is 0 Å². The first kappa shape index (κ1) is 19.1. The highest BCUT2D eigenvalue weighted by molar-refractivity contribution is 6.43. The molecule has 0 spiro atoms. The minimum atomic E-state index is -0.422. The Bertz CT molecular complexity index is 1300. The van der Waals surface area contributed by atoms with Crippen molar-refractivity contribution in [1.82, 2.24) is 0 Å². The Morgan fingerprint density at radius 2 is 1.83 bits per heavy atom. The molecule has 7 heteroatoms. The number of benzene rings is 2. The van der Waals surface area contributed by atoms with Crippen molar-refractivity contribution in [3.8, 4) is 11.3 Å². The molecule has 4 aromatic rings. The summed E-state index contributed by atoms with van der Waals surface area (Å²) in [6.07, 6.45) is 2.91. The number of nitrogens with one attached hydrogen (secondary N) is 1. The van der Waals surface area contributed by atoms with Gasteiger partial charge in [-0.1, -0.05) is 29.3 Å². The summed E-state index contributed by atoms with van der Waals surface area (Å²) in [6.45, 7) is 0. The minimum absolute atomic E-state index is 0.333. The van der Waals surface area contributed by atoms with Crippen LogP contribution in [0.15, 0.2) is 80.4 Å². The largest absolute Gasteiger partial charge is 0.457 e. The van der Waals surface area contributed by atoms with Gasteiger partial charge in [-0.3, -0.25) is 4.79 Å². The molecule has 0 saturated carbocycles. The van der Waals surface area contributed by atoms with Gasteiger partial charge < -0.3 is 14.2 Å². The van der Waals surface area contributed by atoms with Crippen LogP contribution in [0.5, 0.6) is 0 Å². The van der Waals surface area contributed by atoms with Crippen LogP contribution in [0.4, 0.5) is 5.69 Å². The van der Waals surface area contributed by atoms with Crippen molar-refractivity contribution in [2.24, 2.45) is 0 Å². The monoisotopic (exact) mass is 425 g/mol. The fourth-order valence-electron chi connectivity index (χ4n) is 2.77. The van der Waals surface area contributed by atoms with Crippen LogP contribution in [-0.2, 0) is 4.79 Å². The van der Waals surface area contributed by atoms with Crippen molar-refractivity contribution in [2.75, 3.05) is 5.32 Å². The lowest BCUT2D eigenvalue weighted by atomic mass is 10.2. The molecule has 144 valence electrons. The number of carbonyl (C=O) groups excluding carboxylic acids is 1. The van der Waals surface area contributed by atoms with Crippen LogP contribution < -0.4 is 10.9 Å². The molecule has 2 aromatic heterocycles. The van der Waals surface area contributed by atoms with Crippen molar-refractivity contribution in [2.45, 2.75) is 0 Å². The summed E-state index contributed by atoms with van der Waals surface area (Å²) >= 11 is 12.2. The maximum Gasteiger partial charge on any atom is 0.336 e. The molecule has 0 aliphatic heterocycles. The van der Waals surface area contributed by atoms with Gasteiger partial charge in [0.1, 0.15) is 17.1 Å². The smallest absolute Gasteiger partial charge is 0.336 e. The fraction of sp³-hybridized carbons (Fsp3) is 0. The molecule has 0 saturated heterocycles. The van der Waals surface area contributed by atoms with Crippen molar-refractivity contribution >= 4 is 51.8 Å². The molecule has 0 fully saturated rings. The summed E-state index contributed by atoms with van der Waals surface area (Å²) in [5.74, 6) is 0.709. The van der Waals surface area contributed by atoms with Gasteiger partial charge in [-0.25, -0.2) is 4.79 Å². The maximum atomic E-state index is 12.2. The van der Waals surface area contributed by atoms with Crippen LogP contribution in [0.25, 0.3) is 28.4 Å². The van der Waals surface area contributed by atoms with E-state index in [0.29, 0.717) is 43.8 Å². The predicted molar refractivity (Wildman–Crippen MR) is 114 cm³/mol.